The molecule has 1 aliphatic heterocycles. The summed E-state index contributed by atoms with van der Waals surface area (Å²) in [6, 6.07) is 2.12. The van der Waals surface area contributed by atoms with Crippen LogP contribution in [0.25, 0.3) is 0 Å². The van der Waals surface area contributed by atoms with Crippen molar-refractivity contribution in [3.8, 4) is 6.07 Å². The van der Waals surface area contributed by atoms with Crippen molar-refractivity contribution < 1.29 is 9.84 Å². The lowest BCUT2D eigenvalue weighted by molar-refractivity contribution is 0.00581. The van der Waals surface area contributed by atoms with Crippen molar-refractivity contribution in [2.45, 2.75) is 38.4 Å². The second kappa shape index (κ2) is 4.44. The highest BCUT2D eigenvalue weighted by molar-refractivity contribution is 4.83. The molecule has 12 heavy (non-hydrogen) atoms. The molecule has 0 aromatic carbocycles. The maximum absolute atomic E-state index is 8.95. The first-order valence-corrected chi connectivity index (χ1v) is 4.41. The molecule has 3 atom stereocenters. The summed E-state index contributed by atoms with van der Waals surface area (Å²) < 4.78 is 5.46. The van der Waals surface area contributed by atoms with E-state index in [-0.39, 0.29) is 18.8 Å². The molecule has 0 amide bonds. The molecule has 0 aliphatic carbocycles. The van der Waals surface area contributed by atoms with E-state index in [0.29, 0.717) is 12.3 Å². The molecule has 1 saturated heterocycles. The van der Waals surface area contributed by atoms with Gasteiger partial charge in [-0.1, -0.05) is 0 Å². The zero-order valence-corrected chi connectivity index (χ0v) is 7.36. The van der Waals surface area contributed by atoms with Crippen molar-refractivity contribution in [2.24, 2.45) is 5.92 Å². The maximum atomic E-state index is 8.95. The van der Waals surface area contributed by atoms with E-state index in [9.17, 15) is 0 Å². The fraction of sp³-hybridized carbons (Fsp3) is 0.889. The van der Waals surface area contributed by atoms with Gasteiger partial charge in [0.05, 0.1) is 24.9 Å². The van der Waals surface area contributed by atoms with E-state index in [4.69, 9.17) is 15.1 Å². The van der Waals surface area contributed by atoms with Crippen molar-refractivity contribution in [1.29, 1.82) is 5.26 Å². The lowest BCUT2D eigenvalue weighted by Crippen LogP contribution is -2.20. The molecule has 0 saturated carbocycles. The number of hydrogen-bond acceptors (Lipinski definition) is 3. The molecule has 1 aliphatic rings. The molecule has 1 rings (SSSR count). The third-order valence-corrected chi connectivity index (χ3v) is 2.37. The standard InChI is InChI=1S/C9H15NO2/c1-7-5-8(3-2-4-10)9(6-11)12-7/h7-9,11H,2-3,5-6H2,1H3/t7-,8+,9+/m0/s1. The Labute approximate surface area is 73.0 Å². The van der Waals surface area contributed by atoms with E-state index in [0.717, 1.165) is 12.8 Å². The van der Waals surface area contributed by atoms with Crippen LogP contribution in [0.5, 0.6) is 0 Å². The number of aliphatic hydroxyl groups excluding tert-OH is 1. The van der Waals surface area contributed by atoms with Gasteiger partial charge < -0.3 is 9.84 Å². The van der Waals surface area contributed by atoms with E-state index in [1.807, 2.05) is 6.92 Å². The van der Waals surface area contributed by atoms with Crippen LogP contribution in [0, 0.1) is 17.2 Å². The van der Waals surface area contributed by atoms with Gasteiger partial charge >= 0.3 is 0 Å². The highest BCUT2D eigenvalue weighted by Crippen LogP contribution is 2.29. The third kappa shape index (κ3) is 2.20. The van der Waals surface area contributed by atoms with Crippen molar-refractivity contribution in [3.05, 3.63) is 0 Å². The molecule has 3 nitrogen and oxygen atoms in total. The second-order valence-electron chi connectivity index (χ2n) is 3.36. The molecular weight excluding hydrogens is 154 g/mol. The van der Waals surface area contributed by atoms with Gasteiger partial charge in [0.1, 0.15) is 0 Å². The number of rotatable bonds is 3. The van der Waals surface area contributed by atoms with E-state index in [2.05, 4.69) is 6.07 Å². The Morgan fingerprint density at radius 2 is 2.42 bits per heavy atom. The van der Waals surface area contributed by atoms with Crippen LogP contribution in [0.4, 0.5) is 0 Å². The topological polar surface area (TPSA) is 53.2 Å². The van der Waals surface area contributed by atoms with Crippen molar-refractivity contribution in [3.63, 3.8) is 0 Å². The number of nitrogens with zero attached hydrogens (tertiary/aromatic N) is 1. The number of aliphatic hydroxyl groups is 1. The van der Waals surface area contributed by atoms with Crippen LogP contribution in [0.3, 0.4) is 0 Å². The fourth-order valence-corrected chi connectivity index (χ4v) is 1.79. The Bertz CT molecular complexity index is 176. The predicted octanol–water partition coefficient (Wildman–Crippen LogP) is 1.08. The molecule has 0 unspecified atom stereocenters. The second-order valence-corrected chi connectivity index (χ2v) is 3.36. The molecule has 1 fully saturated rings. The molecule has 0 radical (unpaired) electrons. The van der Waals surface area contributed by atoms with Crippen LogP contribution in [0.1, 0.15) is 26.2 Å². The number of nitriles is 1. The van der Waals surface area contributed by atoms with Crippen LogP contribution in [0.15, 0.2) is 0 Å². The Balaban J connectivity index is 2.36. The van der Waals surface area contributed by atoms with Gasteiger partial charge in [0.25, 0.3) is 0 Å². The molecule has 1 heterocycles. The monoisotopic (exact) mass is 169 g/mol. The number of ether oxygens (including phenoxy) is 1. The van der Waals surface area contributed by atoms with E-state index >= 15 is 0 Å². The maximum Gasteiger partial charge on any atom is 0.0838 e. The quantitative estimate of drug-likeness (QED) is 0.687. The minimum Gasteiger partial charge on any atom is -0.394 e. The van der Waals surface area contributed by atoms with Gasteiger partial charge in [-0.25, -0.2) is 0 Å². The average molecular weight is 169 g/mol. The van der Waals surface area contributed by atoms with Gasteiger partial charge in [-0.3, -0.25) is 0 Å². The van der Waals surface area contributed by atoms with Gasteiger partial charge in [0.2, 0.25) is 0 Å². The summed E-state index contributed by atoms with van der Waals surface area (Å²) in [6.07, 6.45) is 2.61. The molecule has 0 aromatic rings. The minimum atomic E-state index is -0.0339. The van der Waals surface area contributed by atoms with Crippen LogP contribution < -0.4 is 0 Å². The third-order valence-electron chi connectivity index (χ3n) is 2.37. The lowest BCUT2D eigenvalue weighted by atomic mass is 9.95. The van der Waals surface area contributed by atoms with E-state index < -0.39 is 0 Å². The van der Waals surface area contributed by atoms with Gasteiger partial charge in [-0.2, -0.15) is 5.26 Å². The van der Waals surface area contributed by atoms with Crippen molar-refractivity contribution >= 4 is 0 Å². The highest BCUT2D eigenvalue weighted by Gasteiger charge is 2.31. The van der Waals surface area contributed by atoms with Gasteiger partial charge in [0, 0.05) is 6.42 Å². The molecule has 3 heteroatoms. The molecule has 0 spiro atoms. The van der Waals surface area contributed by atoms with E-state index in [1.165, 1.54) is 0 Å². The minimum absolute atomic E-state index is 0.0339. The Morgan fingerprint density at radius 1 is 1.67 bits per heavy atom. The highest BCUT2D eigenvalue weighted by atomic mass is 16.5. The molecule has 1 N–H and O–H groups in total. The molecule has 68 valence electrons. The first-order valence-electron chi connectivity index (χ1n) is 4.41. The zero-order valence-electron chi connectivity index (χ0n) is 7.36. The number of hydrogen-bond donors (Lipinski definition) is 1. The van der Waals surface area contributed by atoms with Gasteiger partial charge in [-0.15, -0.1) is 0 Å². The molecule has 0 bridgehead atoms. The molecular formula is C9H15NO2. The smallest absolute Gasteiger partial charge is 0.0838 e. The van der Waals surface area contributed by atoms with Gasteiger partial charge in [0.15, 0.2) is 0 Å². The average Bonchev–Trinajstić information content (AvgIpc) is 2.42. The Morgan fingerprint density at radius 3 is 3.00 bits per heavy atom. The summed E-state index contributed by atoms with van der Waals surface area (Å²) in [5, 5.41) is 17.3. The normalized spacial score (nSPS) is 34.9. The zero-order chi connectivity index (χ0) is 8.97. The first kappa shape index (κ1) is 9.50. The Kier molecular flexibility index (Phi) is 3.51. The lowest BCUT2D eigenvalue weighted by Gasteiger charge is -2.13. The SMILES string of the molecule is C[C@H]1C[C@@H](CCC#N)[C@@H](CO)O1. The van der Waals surface area contributed by atoms with Crippen LogP contribution >= 0.6 is 0 Å². The van der Waals surface area contributed by atoms with Crippen LogP contribution in [-0.4, -0.2) is 23.9 Å². The fourth-order valence-electron chi connectivity index (χ4n) is 1.79. The summed E-state index contributed by atoms with van der Waals surface area (Å²) in [6.45, 7) is 2.09. The predicted molar refractivity (Wildman–Crippen MR) is 44.4 cm³/mol. The van der Waals surface area contributed by atoms with Crippen molar-refractivity contribution in [1.82, 2.24) is 0 Å². The summed E-state index contributed by atoms with van der Waals surface area (Å²) in [4.78, 5) is 0. The summed E-state index contributed by atoms with van der Waals surface area (Å²) in [7, 11) is 0. The van der Waals surface area contributed by atoms with Crippen molar-refractivity contribution in [2.75, 3.05) is 6.61 Å². The summed E-state index contributed by atoms with van der Waals surface area (Å²) in [5.41, 5.74) is 0. The molecule has 0 aromatic heterocycles. The van der Waals surface area contributed by atoms with Crippen LogP contribution in [0.2, 0.25) is 0 Å². The Hall–Kier alpha value is -0.590. The van der Waals surface area contributed by atoms with Crippen LogP contribution in [-0.2, 0) is 4.74 Å². The van der Waals surface area contributed by atoms with Gasteiger partial charge in [-0.05, 0) is 25.7 Å². The van der Waals surface area contributed by atoms with E-state index in [1.54, 1.807) is 0 Å². The largest absolute Gasteiger partial charge is 0.394 e. The summed E-state index contributed by atoms with van der Waals surface area (Å²) >= 11 is 0. The first-order chi connectivity index (χ1) is 5.77. The summed E-state index contributed by atoms with van der Waals surface area (Å²) in [5.74, 6) is 0.379.